The van der Waals surface area contributed by atoms with Crippen molar-refractivity contribution in [3.63, 3.8) is 0 Å². The Labute approximate surface area is 101 Å². The van der Waals surface area contributed by atoms with Gasteiger partial charge in [-0.25, -0.2) is 8.42 Å². The van der Waals surface area contributed by atoms with Crippen LogP contribution in [0.4, 0.5) is 0 Å². The standard InChI is InChI=1S/C8H8O.C3H7ClO2S/c1-2-7-4-8(3-1)6-9-5-7;1-3(2)7(4,5)6/h1-4H,5-6H2;3H,1-2H3. The lowest BCUT2D eigenvalue weighted by molar-refractivity contribution is 0.0993. The molecule has 1 aromatic rings. The summed E-state index contributed by atoms with van der Waals surface area (Å²) in [4.78, 5) is 0. The molecule has 1 aliphatic rings. The molecular weight excluding hydrogens is 248 g/mol. The number of ether oxygens (including phenoxy) is 1. The first-order valence-electron chi connectivity index (χ1n) is 4.98. The van der Waals surface area contributed by atoms with Crippen molar-refractivity contribution < 1.29 is 13.2 Å². The molecule has 0 spiro atoms. The Hall–Kier alpha value is -0.580. The predicted molar refractivity (Wildman–Crippen MR) is 64.8 cm³/mol. The van der Waals surface area contributed by atoms with Gasteiger partial charge in [0.25, 0.3) is 0 Å². The Bertz CT molecular complexity index is 421. The normalized spacial score (nSPS) is 14.2. The van der Waals surface area contributed by atoms with Crippen LogP contribution in [0, 0.1) is 0 Å². The second kappa shape index (κ2) is 5.66. The van der Waals surface area contributed by atoms with Gasteiger partial charge in [-0.3, -0.25) is 0 Å². The average Bonchev–Trinajstić information content (AvgIpc) is 2.17. The van der Waals surface area contributed by atoms with Crippen LogP contribution in [0.1, 0.15) is 25.0 Å². The van der Waals surface area contributed by atoms with Gasteiger partial charge in [-0.2, -0.15) is 0 Å². The number of benzene rings is 1. The van der Waals surface area contributed by atoms with Gasteiger partial charge in [-0.1, -0.05) is 24.3 Å². The van der Waals surface area contributed by atoms with E-state index >= 15 is 0 Å². The molecule has 3 nitrogen and oxygen atoms in total. The molecule has 0 radical (unpaired) electrons. The van der Waals surface area contributed by atoms with Crippen LogP contribution in [0.5, 0.6) is 0 Å². The first kappa shape index (κ1) is 13.5. The molecule has 0 saturated carbocycles. The fourth-order valence-electron chi connectivity index (χ4n) is 1.10. The van der Waals surface area contributed by atoms with Crippen LogP contribution in [0.2, 0.25) is 0 Å². The van der Waals surface area contributed by atoms with Crippen molar-refractivity contribution in [1.82, 2.24) is 0 Å². The highest BCUT2D eigenvalue weighted by molar-refractivity contribution is 8.14. The Morgan fingerprint density at radius 2 is 1.69 bits per heavy atom. The molecule has 0 aromatic heterocycles. The minimum absolute atomic E-state index is 0.464. The molecule has 0 unspecified atom stereocenters. The highest BCUT2D eigenvalue weighted by atomic mass is 35.7. The third-order valence-corrected chi connectivity index (χ3v) is 4.29. The molecule has 1 aliphatic heterocycles. The van der Waals surface area contributed by atoms with Crippen LogP contribution in [-0.4, -0.2) is 13.7 Å². The molecule has 16 heavy (non-hydrogen) atoms. The summed E-state index contributed by atoms with van der Waals surface area (Å²) in [5, 5.41) is -0.464. The van der Waals surface area contributed by atoms with Gasteiger partial charge in [0, 0.05) is 10.7 Å². The van der Waals surface area contributed by atoms with E-state index in [0.29, 0.717) is 0 Å². The van der Waals surface area contributed by atoms with Gasteiger partial charge in [0.2, 0.25) is 9.05 Å². The van der Waals surface area contributed by atoms with Crippen molar-refractivity contribution in [3.8, 4) is 0 Å². The third kappa shape index (κ3) is 4.51. The number of hydrogen-bond donors (Lipinski definition) is 0. The Kier molecular flexibility index (Phi) is 4.77. The van der Waals surface area contributed by atoms with Crippen LogP contribution >= 0.6 is 10.7 Å². The van der Waals surface area contributed by atoms with E-state index in [-0.39, 0.29) is 0 Å². The molecule has 90 valence electrons. The number of fused-ring (bicyclic) bond motifs is 2. The van der Waals surface area contributed by atoms with Gasteiger partial charge >= 0.3 is 0 Å². The lowest BCUT2D eigenvalue weighted by Crippen LogP contribution is -2.04. The van der Waals surface area contributed by atoms with E-state index in [9.17, 15) is 8.42 Å². The van der Waals surface area contributed by atoms with Crippen LogP contribution in [0.15, 0.2) is 24.3 Å². The molecule has 1 aromatic carbocycles. The zero-order valence-electron chi connectivity index (χ0n) is 9.31. The van der Waals surface area contributed by atoms with Crippen LogP contribution in [-0.2, 0) is 27.0 Å². The minimum Gasteiger partial charge on any atom is -0.372 e. The molecule has 0 N–H and O–H groups in total. The summed E-state index contributed by atoms with van der Waals surface area (Å²) in [7, 11) is 1.57. The maximum absolute atomic E-state index is 10.1. The maximum Gasteiger partial charge on any atom is 0.234 e. The molecular formula is C11H15ClO3S. The third-order valence-electron chi connectivity index (χ3n) is 2.09. The molecule has 0 amide bonds. The summed E-state index contributed by atoms with van der Waals surface area (Å²) < 4.78 is 25.4. The quantitative estimate of drug-likeness (QED) is 0.731. The second-order valence-electron chi connectivity index (χ2n) is 3.84. The monoisotopic (exact) mass is 262 g/mol. The summed E-state index contributed by atoms with van der Waals surface area (Å²) >= 11 is 0. The van der Waals surface area contributed by atoms with Crippen molar-refractivity contribution in [2.45, 2.75) is 32.3 Å². The molecule has 2 rings (SSSR count). The van der Waals surface area contributed by atoms with Crippen LogP contribution < -0.4 is 0 Å². The highest BCUT2D eigenvalue weighted by Gasteiger charge is 2.09. The molecule has 0 atom stereocenters. The molecule has 5 heteroatoms. The Morgan fingerprint density at radius 1 is 1.25 bits per heavy atom. The zero-order chi connectivity index (χ0) is 12.2. The molecule has 2 bridgehead atoms. The molecule has 0 saturated heterocycles. The number of halogens is 1. The first-order chi connectivity index (χ1) is 7.39. The van der Waals surface area contributed by atoms with Gasteiger partial charge in [-0.15, -0.1) is 0 Å². The second-order valence-corrected chi connectivity index (χ2v) is 7.02. The zero-order valence-corrected chi connectivity index (χ0v) is 10.9. The van der Waals surface area contributed by atoms with Gasteiger partial charge in [0.1, 0.15) is 0 Å². The Balaban J connectivity index is 0.000000168. The van der Waals surface area contributed by atoms with Crippen LogP contribution in [0.25, 0.3) is 0 Å². The number of rotatable bonds is 1. The molecule has 0 fully saturated rings. The van der Waals surface area contributed by atoms with Gasteiger partial charge < -0.3 is 4.74 Å². The first-order valence-corrected chi connectivity index (χ1v) is 7.36. The summed E-state index contributed by atoms with van der Waals surface area (Å²) in [5.74, 6) is 0. The summed E-state index contributed by atoms with van der Waals surface area (Å²) in [6.45, 7) is 4.63. The van der Waals surface area contributed by atoms with Crippen molar-refractivity contribution in [2.24, 2.45) is 0 Å². The minimum atomic E-state index is -3.27. The van der Waals surface area contributed by atoms with E-state index in [4.69, 9.17) is 15.4 Å². The van der Waals surface area contributed by atoms with E-state index in [0.717, 1.165) is 13.2 Å². The van der Waals surface area contributed by atoms with E-state index in [1.165, 1.54) is 25.0 Å². The topological polar surface area (TPSA) is 43.4 Å². The fraction of sp³-hybridized carbons (Fsp3) is 0.455. The van der Waals surface area contributed by atoms with E-state index in [2.05, 4.69) is 24.3 Å². The molecule has 1 heterocycles. The van der Waals surface area contributed by atoms with Crippen molar-refractivity contribution >= 4 is 19.7 Å². The van der Waals surface area contributed by atoms with E-state index < -0.39 is 14.3 Å². The van der Waals surface area contributed by atoms with Crippen LogP contribution in [0.3, 0.4) is 0 Å². The predicted octanol–water partition coefficient (Wildman–Crippen LogP) is 2.68. The summed E-state index contributed by atoms with van der Waals surface area (Å²) in [5.41, 5.74) is 2.58. The lowest BCUT2D eigenvalue weighted by Gasteiger charge is -2.11. The largest absolute Gasteiger partial charge is 0.372 e. The lowest BCUT2D eigenvalue weighted by atomic mass is 10.1. The fourth-order valence-corrected chi connectivity index (χ4v) is 1.10. The van der Waals surface area contributed by atoms with Crippen molar-refractivity contribution in [3.05, 3.63) is 35.4 Å². The van der Waals surface area contributed by atoms with Gasteiger partial charge in [-0.05, 0) is 25.0 Å². The molecule has 0 aliphatic carbocycles. The van der Waals surface area contributed by atoms with Gasteiger partial charge in [0.15, 0.2) is 0 Å². The summed E-state index contributed by atoms with van der Waals surface area (Å²) in [6, 6.07) is 8.43. The van der Waals surface area contributed by atoms with Gasteiger partial charge in [0.05, 0.1) is 18.5 Å². The SMILES string of the molecule is CC(C)S(=O)(=O)Cl.c1cc2cc(c1)COC2. The van der Waals surface area contributed by atoms with E-state index in [1.54, 1.807) is 0 Å². The maximum atomic E-state index is 10.1. The smallest absolute Gasteiger partial charge is 0.234 e. The summed E-state index contributed by atoms with van der Waals surface area (Å²) in [6.07, 6.45) is 0. The Morgan fingerprint density at radius 3 is 2.00 bits per heavy atom. The highest BCUT2D eigenvalue weighted by Crippen LogP contribution is 2.13. The van der Waals surface area contributed by atoms with E-state index in [1.807, 2.05) is 0 Å². The average molecular weight is 263 g/mol. The number of hydrogen-bond acceptors (Lipinski definition) is 3. The van der Waals surface area contributed by atoms with Crippen molar-refractivity contribution in [1.29, 1.82) is 0 Å². The van der Waals surface area contributed by atoms with Crippen molar-refractivity contribution in [2.75, 3.05) is 0 Å².